The fourth-order valence-electron chi connectivity index (χ4n) is 2.01. The van der Waals surface area contributed by atoms with Gasteiger partial charge >= 0.3 is 0 Å². The summed E-state index contributed by atoms with van der Waals surface area (Å²) >= 11 is 0. The molecular weight excluding hydrogens is 232 g/mol. The molecule has 98 valence electrons. The van der Waals surface area contributed by atoms with Gasteiger partial charge in [-0.05, 0) is 31.0 Å². The minimum atomic E-state index is -0.0615. The Morgan fingerprint density at radius 1 is 1.44 bits per heavy atom. The Bertz CT molecular complexity index is 460. The normalized spacial score (nSPS) is 15.8. The molecule has 1 heterocycles. The quantitative estimate of drug-likeness (QED) is 0.795. The van der Waals surface area contributed by atoms with Crippen molar-refractivity contribution in [3.63, 3.8) is 0 Å². The Balaban J connectivity index is 2.20. The fourth-order valence-corrected chi connectivity index (χ4v) is 2.01. The molecule has 1 aromatic carbocycles. The average Bonchev–Trinajstić information content (AvgIpc) is 2.31. The number of nitrogens with two attached hydrogens (primary N) is 1. The van der Waals surface area contributed by atoms with Gasteiger partial charge in [-0.1, -0.05) is 0 Å². The molecule has 3 N–H and O–H groups in total. The minimum absolute atomic E-state index is 0.0309. The van der Waals surface area contributed by atoms with Gasteiger partial charge in [0.05, 0.1) is 12.3 Å². The number of amides is 1. The van der Waals surface area contributed by atoms with Gasteiger partial charge in [-0.15, -0.1) is 0 Å². The molecule has 0 aromatic heterocycles. The van der Waals surface area contributed by atoms with Gasteiger partial charge in [-0.25, -0.2) is 0 Å². The number of hydrogen-bond donors (Lipinski definition) is 2. The number of nitrogens with one attached hydrogen (secondary N) is 1. The number of fused-ring (bicyclic) bond motifs is 1. The van der Waals surface area contributed by atoms with Gasteiger partial charge in [0.15, 0.2) is 0 Å². The number of ether oxygens (including phenoxy) is 2. The lowest BCUT2D eigenvalue weighted by molar-refractivity contribution is -0.116. The zero-order chi connectivity index (χ0) is 13.1. The van der Waals surface area contributed by atoms with Gasteiger partial charge in [0.2, 0.25) is 5.91 Å². The molecule has 0 fully saturated rings. The number of nitrogen functional groups attached to an aromatic ring is 1. The predicted molar refractivity (Wildman–Crippen MR) is 69.8 cm³/mol. The zero-order valence-corrected chi connectivity index (χ0v) is 10.7. The number of methoxy groups -OCH3 is 1. The highest BCUT2D eigenvalue weighted by atomic mass is 16.5. The summed E-state index contributed by atoms with van der Waals surface area (Å²) in [5.41, 5.74) is 8.29. The summed E-state index contributed by atoms with van der Waals surface area (Å²) in [4.78, 5) is 11.3. The van der Waals surface area contributed by atoms with Crippen molar-refractivity contribution in [2.75, 3.05) is 24.8 Å². The highest BCUT2D eigenvalue weighted by molar-refractivity contribution is 5.94. The zero-order valence-electron chi connectivity index (χ0n) is 10.7. The van der Waals surface area contributed by atoms with Crippen LogP contribution in [-0.2, 0) is 16.0 Å². The third-order valence-electron chi connectivity index (χ3n) is 2.86. The van der Waals surface area contributed by atoms with E-state index < -0.39 is 0 Å². The first kappa shape index (κ1) is 12.7. The van der Waals surface area contributed by atoms with Crippen LogP contribution in [0.25, 0.3) is 0 Å². The van der Waals surface area contributed by atoms with Crippen LogP contribution >= 0.6 is 0 Å². The SMILES string of the molecule is COCC(C)Oc1cc2c(cc1N)NC(=O)CC2. The molecule has 0 saturated heterocycles. The van der Waals surface area contributed by atoms with Crippen LogP contribution in [0.15, 0.2) is 12.1 Å². The Kier molecular flexibility index (Phi) is 3.72. The molecule has 18 heavy (non-hydrogen) atoms. The molecule has 0 bridgehead atoms. The summed E-state index contributed by atoms with van der Waals surface area (Å²) < 4.78 is 10.7. The van der Waals surface area contributed by atoms with E-state index in [1.54, 1.807) is 13.2 Å². The molecule has 1 aromatic rings. The molecule has 1 aliphatic rings. The Labute approximate surface area is 106 Å². The van der Waals surface area contributed by atoms with Crippen LogP contribution in [0.5, 0.6) is 5.75 Å². The molecule has 1 amide bonds. The van der Waals surface area contributed by atoms with Crippen LogP contribution in [0, 0.1) is 0 Å². The van der Waals surface area contributed by atoms with E-state index in [2.05, 4.69) is 5.32 Å². The van der Waals surface area contributed by atoms with Crippen molar-refractivity contribution < 1.29 is 14.3 Å². The van der Waals surface area contributed by atoms with E-state index >= 15 is 0 Å². The number of rotatable bonds is 4. The van der Waals surface area contributed by atoms with Gasteiger partial charge in [0.1, 0.15) is 11.9 Å². The Morgan fingerprint density at radius 3 is 2.94 bits per heavy atom. The van der Waals surface area contributed by atoms with Crippen LogP contribution in [-0.4, -0.2) is 25.7 Å². The van der Waals surface area contributed by atoms with E-state index in [4.69, 9.17) is 15.2 Å². The maximum atomic E-state index is 11.3. The van der Waals surface area contributed by atoms with E-state index in [1.165, 1.54) is 0 Å². The highest BCUT2D eigenvalue weighted by Gasteiger charge is 2.18. The summed E-state index contributed by atoms with van der Waals surface area (Å²) in [5, 5.41) is 2.81. The first-order chi connectivity index (χ1) is 8.60. The van der Waals surface area contributed by atoms with Crippen LogP contribution in [0.2, 0.25) is 0 Å². The van der Waals surface area contributed by atoms with E-state index in [1.807, 2.05) is 13.0 Å². The average molecular weight is 250 g/mol. The smallest absolute Gasteiger partial charge is 0.224 e. The monoisotopic (exact) mass is 250 g/mol. The second kappa shape index (κ2) is 5.27. The largest absolute Gasteiger partial charge is 0.486 e. The first-order valence-corrected chi connectivity index (χ1v) is 5.98. The molecule has 0 radical (unpaired) electrons. The van der Waals surface area contributed by atoms with Gasteiger partial charge in [0, 0.05) is 19.2 Å². The van der Waals surface area contributed by atoms with Crippen molar-refractivity contribution in [3.05, 3.63) is 17.7 Å². The molecule has 1 atom stereocenters. The van der Waals surface area contributed by atoms with Crippen LogP contribution in [0.4, 0.5) is 11.4 Å². The van der Waals surface area contributed by atoms with Crippen molar-refractivity contribution in [2.24, 2.45) is 0 Å². The Morgan fingerprint density at radius 2 is 2.22 bits per heavy atom. The van der Waals surface area contributed by atoms with Crippen LogP contribution in [0.1, 0.15) is 18.9 Å². The van der Waals surface area contributed by atoms with Gasteiger partial charge in [-0.2, -0.15) is 0 Å². The maximum absolute atomic E-state index is 11.3. The van der Waals surface area contributed by atoms with Crippen molar-refractivity contribution in [1.82, 2.24) is 0 Å². The molecular formula is C13H18N2O3. The number of anilines is 2. The van der Waals surface area contributed by atoms with Crippen molar-refractivity contribution in [2.45, 2.75) is 25.9 Å². The lowest BCUT2D eigenvalue weighted by Crippen LogP contribution is -2.21. The molecule has 5 heteroatoms. The predicted octanol–water partition coefficient (Wildman–Crippen LogP) is 1.57. The topological polar surface area (TPSA) is 73.6 Å². The third kappa shape index (κ3) is 2.73. The second-order valence-corrected chi connectivity index (χ2v) is 4.48. The standard InChI is InChI=1S/C13H18N2O3/c1-8(7-17-2)18-12-5-9-3-4-13(16)15-11(9)6-10(12)14/h5-6,8H,3-4,7,14H2,1-2H3,(H,15,16). The molecule has 1 unspecified atom stereocenters. The molecule has 2 rings (SSSR count). The summed E-state index contributed by atoms with van der Waals surface area (Å²) in [7, 11) is 1.63. The number of carbonyl (C=O) groups excluding carboxylic acids is 1. The number of hydrogen-bond acceptors (Lipinski definition) is 4. The number of carbonyl (C=O) groups is 1. The van der Waals surface area contributed by atoms with E-state index in [-0.39, 0.29) is 12.0 Å². The summed E-state index contributed by atoms with van der Waals surface area (Å²) in [5.74, 6) is 0.678. The minimum Gasteiger partial charge on any atom is -0.486 e. The van der Waals surface area contributed by atoms with E-state index in [9.17, 15) is 4.79 Å². The molecule has 0 aliphatic carbocycles. The fraction of sp³-hybridized carbons (Fsp3) is 0.462. The summed E-state index contributed by atoms with van der Waals surface area (Å²) in [6.45, 7) is 2.43. The maximum Gasteiger partial charge on any atom is 0.224 e. The third-order valence-corrected chi connectivity index (χ3v) is 2.86. The second-order valence-electron chi connectivity index (χ2n) is 4.48. The molecule has 5 nitrogen and oxygen atoms in total. The van der Waals surface area contributed by atoms with Gasteiger partial charge in [0.25, 0.3) is 0 Å². The summed E-state index contributed by atoms with van der Waals surface area (Å²) in [6, 6.07) is 3.65. The Hall–Kier alpha value is -1.75. The van der Waals surface area contributed by atoms with E-state index in [0.717, 1.165) is 17.7 Å². The van der Waals surface area contributed by atoms with Crippen LogP contribution in [0.3, 0.4) is 0 Å². The number of benzene rings is 1. The molecule has 0 spiro atoms. The molecule has 0 saturated carbocycles. The van der Waals surface area contributed by atoms with Crippen LogP contribution < -0.4 is 15.8 Å². The van der Waals surface area contributed by atoms with Crippen molar-refractivity contribution in [1.29, 1.82) is 0 Å². The molecule has 1 aliphatic heterocycles. The first-order valence-electron chi connectivity index (χ1n) is 5.98. The van der Waals surface area contributed by atoms with Gasteiger partial charge < -0.3 is 20.5 Å². The van der Waals surface area contributed by atoms with Crippen molar-refractivity contribution >= 4 is 17.3 Å². The summed E-state index contributed by atoms with van der Waals surface area (Å²) in [6.07, 6.45) is 1.16. The van der Waals surface area contributed by atoms with E-state index in [0.29, 0.717) is 24.5 Å². The van der Waals surface area contributed by atoms with Crippen molar-refractivity contribution in [3.8, 4) is 5.75 Å². The highest BCUT2D eigenvalue weighted by Crippen LogP contribution is 2.32. The number of aryl methyl sites for hydroxylation is 1. The lowest BCUT2D eigenvalue weighted by atomic mass is 10.0. The van der Waals surface area contributed by atoms with Gasteiger partial charge in [-0.3, -0.25) is 4.79 Å². The lowest BCUT2D eigenvalue weighted by Gasteiger charge is -2.21.